The van der Waals surface area contributed by atoms with E-state index in [0.717, 1.165) is 22.5 Å². The van der Waals surface area contributed by atoms with Crippen molar-refractivity contribution in [1.82, 2.24) is 5.32 Å². The van der Waals surface area contributed by atoms with E-state index >= 15 is 0 Å². The maximum Gasteiger partial charge on any atom is 0.253 e. The number of nitrogens with one attached hydrogen (secondary N) is 1. The Balaban J connectivity index is 2.25. The van der Waals surface area contributed by atoms with Crippen molar-refractivity contribution in [3.05, 3.63) is 63.7 Å². The van der Waals surface area contributed by atoms with Crippen molar-refractivity contribution in [3.63, 3.8) is 0 Å². The molecular weight excluding hydrogens is 384 g/mol. The summed E-state index contributed by atoms with van der Waals surface area (Å²) in [6.07, 6.45) is 1.84. The molecule has 0 bridgehead atoms. The molecule has 5 nitrogen and oxygen atoms in total. The van der Waals surface area contributed by atoms with Gasteiger partial charge in [0.05, 0.1) is 28.6 Å². The Morgan fingerprint density at radius 3 is 2.33 bits per heavy atom. The second kappa shape index (κ2) is 8.31. The molecule has 1 atom stereocenters. The number of anilines is 1. The van der Waals surface area contributed by atoms with Crippen molar-refractivity contribution < 1.29 is 13.2 Å². The van der Waals surface area contributed by atoms with Crippen molar-refractivity contribution in [3.8, 4) is 0 Å². The number of amides is 1. The predicted molar refractivity (Wildman–Crippen MR) is 111 cm³/mol. The topological polar surface area (TPSA) is 66.5 Å². The van der Waals surface area contributed by atoms with Crippen LogP contribution in [0.25, 0.3) is 0 Å². The number of rotatable bonds is 6. The van der Waals surface area contributed by atoms with Gasteiger partial charge < -0.3 is 5.32 Å². The Labute approximate surface area is 166 Å². The van der Waals surface area contributed by atoms with Crippen LogP contribution in [-0.4, -0.2) is 27.6 Å². The summed E-state index contributed by atoms with van der Waals surface area (Å²) in [5.74, 6) is -0.293. The molecule has 0 saturated carbocycles. The standard InChI is InChI=1S/C20H25ClN2O3S/c1-6-19(15-8-7-13(2)14(3)11-15)22-20(24)17-10-9-16(12-18(17)21)23(4)27(5,25)26/h7-12,19H,6H2,1-5H3,(H,22,24). The minimum absolute atomic E-state index is 0.133. The van der Waals surface area contributed by atoms with E-state index in [9.17, 15) is 13.2 Å². The van der Waals surface area contributed by atoms with Crippen molar-refractivity contribution in [2.75, 3.05) is 17.6 Å². The van der Waals surface area contributed by atoms with Gasteiger partial charge in [-0.15, -0.1) is 0 Å². The molecule has 0 aliphatic rings. The number of benzene rings is 2. The van der Waals surface area contributed by atoms with E-state index in [1.54, 1.807) is 12.1 Å². The lowest BCUT2D eigenvalue weighted by atomic mass is 9.99. The highest BCUT2D eigenvalue weighted by atomic mass is 35.5. The fourth-order valence-electron chi connectivity index (χ4n) is 2.71. The highest BCUT2D eigenvalue weighted by Gasteiger charge is 2.19. The number of halogens is 1. The van der Waals surface area contributed by atoms with Crippen LogP contribution in [-0.2, 0) is 10.0 Å². The number of aryl methyl sites for hydroxylation is 2. The van der Waals surface area contributed by atoms with Crippen molar-refractivity contribution in [2.24, 2.45) is 0 Å². The molecule has 0 aliphatic heterocycles. The lowest BCUT2D eigenvalue weighted by Gasteiger charge is -2.20. The molecule has 0 fully saturated rings. The van der Waals surface area contributed by atoms with Crippen molar-refractivity contribution in [1.29, 1.82) is 0 Å². The fraction of sp³-hybridized carbons (Fsp3) is 0.350. The molecule has 146 valence electrons. The van der Waals surface area contributed by atoms with E-state index in [-0.39, 0.29) is 17.0 Å². The Morgan fingerprint density at radius 2 is 1.81 bits per heavy atom. The summed E-state index contributed by atoms with van der Waals surface area (Å²) >= 11 is 6.25. The SMILES string of the molecule is CCC(NC(=O)c1ccc(N(C)S(C)(=O)=O)cc1Cl)c1ccc(C)c(C)c1. The summed E-state index contributed by atoms with van der Waals surface area (Å²) < 4.78 is 24.4. The van der Waals surface area contributed by atoms with Gasteiger partial charge in [0.15, 0.2) is 0 Å². The zero-order valence-electron chi connectivity index (χ0n) is 16.2. The number of nitrogens with zero attached hydrogens (tertiary/aromatic N) is 1. The van der Waals surface area contributed by atoms with Gasteiger partial charge in [0.1, 0.15) is 0 Å². The molecule has 2 aromatic carbocycles. The average molecular weight is 409 g/mol. The molecule has 1 N–H and O–H groups in total. The number of sulfonamides is 1. The first kappa shape index (κ1) is 21.3. The fourth-order valence-corrected chi connectivity index (χ4v) is 3.47. The van der Waals surface area contributed by atoms with E-state index in [1.807, 2.05) is 32.9 Å². The quantitative estimate of drug-likeness (QED) is 0.777. The Bertz CT molecular complexity index is 958. The van der Waals surface area contributed by atoms with Gasteiger partial charge in [0, 0.05) is 7.05 Å². The summed E-state index contributed by atoms with van der Waals surface area (Å²) in [6, 6.07) is 10.6. The van der Waals surface area contributed by atoms with Gasteiger partial charge in [-0.25, -0.2) is 8.42 Å². The first-order chi connectivity index (χ1) is 12.5. The highest BCUT2D eigenvalue weighted by Crippen LogP contribution is 2.26. The molecule has 27 heavy (non-hydrogen) atoms. The summed E-state index contributed by atoms with van der Waals surface area (Å²) in [6.45, 7) is 6.10. The van der Waals surface area contributed by atoms with E-state index in [4.69, 9.17) is 11.6 Å². The third-order valence-electron chi connectivity index (χ3n) is 4.71. The van der Waals surface area contributed by atoms with Crippen LogP contribution in [0.1, 0.15) is 46.4 Å². The van der Waals surface area contributed by atoms with E-state index in [2.05, 4.69) is 11.4 Å². The molecule has 1 amide bonds. The third-order valence-corrected chi connectivity index (χ3v) is 6.22. The number of carbonyl (C=O) groups excluding carboxylic acids is 1. The monoisotopic (exact) mass is 408 g/mol. The molecule has 7 heteroatoms. The van der Waals surface area contributed by atoms with Crippen LogP contribution < -0.4 is 9.62 Å². The van der Waals surface area contributed by atoms with Gasteiger partial charge in [0.25, 0.3) is 5.91 Å². The lowest BCUT2D eigenvalue weighted by Crippen LogP contribution is -2.29. The minimum Gasteiger partial charge on any atom is -0.345 e. The molecule has 1 unspecified atom stereocenters. The molecule has 2 aromatic rings. The lowest BCUT2D eigenvalue weighted by molar-refractivity contribution is 0.0935. The predicted octanol–water partition coefficient (Wildman–Crippen LogP) is 4.23. The maximum atomic E-state index is 12.7. The molecular formula is C20H25ClN2O3S. The molecule has 0 aromatic heterocycles. The average Bonchev–Trinajstić information content (AvgIpc) is 2.60. The van der Waals surface area contributed by atoms with Crippen LogP contribution in [0, 0.1) is 13.8 Å². The first-order valence-corrected chi connectivity index (χ1v) is 10.9. The number of carbonyl (C=O) groups is 1. The van der Waals surface area contributed by atoms with Crippen LogP contribution >= 0.6 is 11.6 Å². The summed E-state index contributed by atoms with van der Waals surface area (Å²) in [7, 11) is -1.96. The van der Waals surface area contributed by atoms with Crippen molar-refractivity contribution >= 4 is 33.2 Å². The summed E-state index contributed by atoms with van der Waals surface area (Å²) in [4.78, 5) is 12.7. The van der Waals surface area contributed by atoms with E-state index in [0.29, 0.717) is 11.3 Å². The molecule has 0 spiro atoms. The smallest absolute Gasteiger partial charge is 0.253 e. The zero-order chi connectivity index (χ0) is 20.4. The minimum atomic E-state index is -3.40. The molecule has 0 saturated heterocycles. The first-order valence-electron chi connectivity index (χ1n) is 8.66. The number of hydrogen-bond donors (Lipinski definition) is 1. The van der Waals surface area contributed by atoms with Gasteiger partial charge in [-0.2, -0.15) is 0 Å². The second-order valence-electron chi connectivity index (χ2n) is 6.67. The van der Waals surface area contributed by atoms with E-state index < -0.39 is 10.0 Å². The van der Waals surface area contributed by atoms with Crippen LogP contribution in [0.5, 0.6) is 0 Å². The second-order valence-corrected chi connectivity index (χ2v) is 9.09. The third kappa shape index (κ3) is 5.02. The van der Waals surface area contributed by atoms with Crippen LogP contribution in [0.15, 0.2) is 36.4 Å². The molecule has 2 rings (SSSR count). The maximum absolute atomic E-state index is 12.7. The van der Waals surface area contributed by atoms with Gasteiger partial charge >= 0.3 is 0 Å². The van der Waals surface area contributed by atoms with Crippen LogP contribution in [0.2, 0.25) is 5.02 Å². The van der Waals surface area contributed by atoms with Gasteiger partial charge in [-0.05, 0) is 55.2 Å². The van der Waals surface area contributed by atoms with E-state index in [1.165, 1.54) is 24.2 Å². The zero-order valence-corrected chi connectivity index (χ0v) is 17.8. The molecule has 0 aliphatic carbocycles. The normalized spacial score (nSPS) is 12.5. The molecule has 0 heterocycles. The van der Waals surface area contributed by atoms with Crippen LogP contribution in [0.3, 0.4) is 0 Å². The Morgan fingerprint density at radius 1 is 1.15 bits per heavy atom. The Kier molecular flexibility index (Phi) is 6.54. The van der Waals surface area contributed by atoms with Gasteiger partial charge in [-0.3, -0.25) is 9.10 Å². The number of hydrogen-bond acceptors (Lipinski definition) is 3. The van der Waals surface area contributed by atoms with Crippen molar-refractivity contribution in [2.45, 2.75) is 33.2 Å². The van der Waals surface area contributed by atoms with Crippen LogP contribution in [0.4, 0.5) is 5.69 Å². The van der Waals surface area contributed by atoms with Gasteiger partial charge in [0.2, 0.25) is 10.0 Å². The highest BCUT2D eigenvalue weighted by molar-refractivity contribution is 7.92. The molecule has 0 radical (unpaired) electrons. The summed E-state index contributed by atoms with van der Waals surface area (Å²) in [5.41, 5.74) is 4.13. The largest absolute Gasteiger partial charge is 0.345 e. The van der Waals surface area contributed by atoms with Gasteiger partial charge in [-0.1, -0.05) is 36.7 Å². The summed E-state index contributed by atoms with van der Waals surface area (Å²) in [5, 5.41) is 3.21. The Hall–Kier alpha value is -2.05.